The third-order valence-corrected chi connectivity index (χ3v) is 9.36. The Morgan fingerprint density at radius 1 is 1.12 bits per heavy atom. The van der Waals surface area contributed by atoms with Crippen LogP contribution in [0.25, 0.3) is 0 Å². The van der Waals surface area contributed by atoms with Gasteiger partial charge < -0.3 is 4.90 Å². The first-order valence-corrected chi connectivity index (χ1v) is 13.6. The van der Waals surface area contributed by atoms with Crippen LogP contribution in [0.5, 0.6) is 0 Å². The third-order valence-electron chi connectivity index (χ3n) is 5.86. The number of hydrogen-bond acceptors (Lipinski definition) is 5. The maximum absolute atomic E-state index is 13.4. The first-order valence-electron chi connectivity index (χ1n) is 10.8. The topological polar surface area (TPSA) is 50.3 Å². The molecule has 0 radical (unpaired) electrons. The van der Waals surface area contributed by atoms with Gasteiger partial charge in [0.15, 0.2) is 15.0 Å². The number of thiazole rings is 1. The van der Waals surface area contributed by atoms with Gasteiger partial charge in [0.05, 0.1) is 20.9 Å². The van der Waals surface area contributed by atoms with E-state index in [1.165, 1.54) is 23.3 Å². The third kappa shape index (κ3) is 5.16. The molecule has 3 aromatic rings. The Balaban J connectivity index is 1.37. The van der Waals surface area contributed by atoms with Gasteiger partial charge in [0, 0.05) is 24.9 Å². The fraction of sp³-hybridized carbons (Fsp3) is 0.375. The molecule has 0 amide bonds. The van der Waals surface area contributed by atoms with Gasteiger partial charge in [-0.05, 0) is 48.6 Å². The summed E-state index contributed by atoms with van der Waals surface area (Å²) in [5, 5.41) is 2.35. The smallest absolute Gasteiger partial charge is 0.185 e. The predicted molar refractivity (Wildman–Crippen MR) is 129 cm³/mol. The Labute approximate surface area is 198 Å². The minimum atomic E-state index is -3.55. The zero-order chi connectivity index (χ0) is 22.7. The summed E-state index contributed by atoms with van der Waals surface area (Å²) in [4.78, 5) is 7.03. The Bertz CT molecular complexity index is 1170. The molecule has 2 heterocycles. The molecule has 0 bridgehead atoms. The molecule has 170 valence electrons. The molecule has 0 spiro atoms. The number of rotatable bonds is 7. The Kier molecular flexibility index (Phi) is 7.17. The van der Waals surface area contributed by atoms with E-state index in [-0.39, 0.29) is 9.92 Å². The molecule has 0 unspecified atom stereocenters. The van der Waals surface area contributed by atoms with E-state index < -0.39 is 20.9 Å². The van der Waals surface area contributed by atoms with Crippen LogP contribution in [0.2, 0.25) is 5.02 Å². The molecule has 1 aliphatic heterocycles. The molecule has 4 rings (SSSR count). The monoisotopic (exact) mass is 492 g/mol. The second-order valence-electron chi connectivity index (χ2n) is 8.17. The van der Waals surface area contributed by atoms with Crippen molar-refractivity contribution in [2.75, 3.05) is 18.0 Å². The Morgan fingerprint density at radius 3 is 2.47 bits per heavy atom. The molecule has 0 saturated carbocycles. The molecule has 8 heteroatoms. The molecule has 0 atom stereocenters. The normalized spacial score (nSPS) is 15.3. The molecule has 0 aliphatic carbocycles. The van der Waals surface area contributed by atoms with E-state index >= 15 is 0 Å². The average molecular weight is 493 g/mol. The standard InChI is InChI=1S/C24H26ClFN2O2S2/c1-2-3-17-4-6-18(7-5-17)14-19-16-31-24(27-19)28-12-10-20(11-13-28)32(29,30)21-8-9-23(26)22(25)15-21/h4-9,15-16,20H,2-3,10-14H2,1H3. The molecule has 1 aliphatic rings. The van der Waals surface area contributed by atoms with Crippen LogP contribution >= 0.6 is 22.9 Å². The van der Waals surface area contributed by atoms with Gasteiger partial charge in [0.2, 0.25) is 0 Å². The first-order chi connectivity index (χ1) is 15.4. The van der Waals surface area contributed by atoms with E-state index in [1.54, 1.807) is 11.3 Å². The zero-order valence-electron chi connectivity index (χ0n) is 17.9. The number of aromatic nitrogens is 1. The van der Waals surface area contributed by atoms with Crippen LogP contribution in [-0.2, 0) is 22.7 Å². The first kappa shape index (κ1) is 23.2. The summed E-state index contributed by atoms with van der Waals surface area (Å²) in [5.41, 5.74) is 3.63. The lowest BCUT2D eigenvalue weighted by Gasteiger charge is -2.31. The van der Waals surface area contributed by atoms with Gasteiger partial charge >= 0.3 is 0 Å². The number of aryl methyl sites for hydroxylation is 1. The summed E-state index contributed by atoms with van der Waals surface area (Å²) in [6.45, 7) is 3.43. The molecule has 1 fully saturated rings. The van der Waals surface area contributed by atoms with Crippen molar-refractivity contribution in [1.82, 2.24) is 4.98 Å². The summed E-state index contributed by atoms with van der Waals surface area (Å²) < 4.78 is 39.3. The van der Waals surface area contributed by atoms with Crippen LogP contribution in [0.4, 0.5) is 9.52 Å². The van der Waals surface area contributed by atoms with Crippen LogP contribution in [0.15, 0.2) is 52.7 Å². The van der Waals surface area contributed by atoms with E-state index in [0.717, 1.165) is 36.2 Å². The van der Waals surface area contributed by atoms with E-state index in [1.807, 2.05) is 0 Å². The van der Waals surface area contributed by atoms with Gasteiger partial charge in [-0.25, -0.2) is 17.8 Å². The number of piperidine rings is 1. The molecule has 4 nitrogen and oxygen atoms in total. The number of nitrogens with zero attached hydrogens (tertiary/aromatic N) is 2. The maximum Gasteiger partial charge on any atom is 0.185 e. The van der Waals surface area contributed by atoms with Crippen LogP contribution in [-0.4, -0.2) is 31.7 Å². The summed E-state index contributed by atoms with van der Waals surface area (Å²) >= 11 is 7.39. The molecule has 1 saturated heterocycles. The minimum absolute atomic E-state index is 0.0869. The highest BCUT2D eigenvalue weighted by molar-refractivity contribution is 7.92. The largest absolute Gasteiger partial charge is 0.348 e. The number of benzene rings is 2. The van der Waals surface area contributed by atoms with E-state index in [9.17, 15) is 12.8 Å². The number of halogens is 2. The van der Waals surface area contributed by atoms with Crippen LogP contribution < -0.4 is 4.90 Å². The number of anilines is 1. The number of sulfone groups is 1. The van der Waals surface area contributed by atoms with Crippen molar-refractivity contribution in [3.63, 3.8) is 0 Å². The summed E-state index contributed by atoms with van der Waals surface area (Å²) in [6.07, 6.45) is 4.04. The second-order valence-corrected chi connectivity index (χ2v) is 11.6. The average Bonchev–Trinajstić information content (AvgIpc) is 3.26. The SMILES string of the molecule is CCCc1ccc(Cc2csc(N3CCC(S(=O)(=O)c4ccc(F)c(Cl)c4)CC3)n2)cc1. The van der Waals surface area contributed by atoms with Crippen molar-refractivity contribution >= 4 is 37.9 Å². The van der Waals surface area contributed by atoms with Gasteiger partial charge in [0.25, 0.3) is 0 Å². The highest BCUT2D eigenvalue weighted by Gasteiger charge is 2.32. The minimum Gasteiger partial charge on any atom is -0.348 e. The molecule has 2 aromatic carbocycles. The lowest BCUT2D eigenvalue weighted by molar-refractivity contribution is 0.529. The molecular formula is C24H26ClFN2O2S2. The van der Waals surface area contributed by atoms with Crippen LogP contribution in [0.3, 0.4) is 0 Å². The summed E-state index contributed by atoms with van der Waals surface area (Å²) in [7, 11) is -3.55. The fourth-order valence-corrected chi connectivity index (χ4v) is 6.93. The highest BCUT2D eigenvalue weighted by Crippen LogP contribution is 2.31. The van der Waals surface area contributed by atoms with E-state index in [2.05, 4.69) is 41.5 Å². The van der Waals surface area contributed by atoms with Crippen molar-refractivity contribution in [2.45, 2.75) is 49.2 Å². The van der Waals surface area contributed by atoms with Gasteiger partial charge in [-0.1, -0.05) is 49.2 Å². The lowest BCUT2D eigenvalue weighted by Crippen LogP contribution is -2.39. The quantitative estimate of drug-likeness (QED) is 0.384. The second kappa shape index (κ2) is 9.89. The maximum atomic E-state index is 13.4. The van der Waals surface area contributed by atoms with Crippen molar-refractivity contribution in [2.24, 2.45) is 0 Å². The Morgan fingerprint density at radius 2 is 1.81 bits per heavy atom. The number of hydrogen-bond donors (Lipinski definition) is 0. The van der Waals surface area contributed by atoms with Crippen molar-refractivity contribution in [3.05, 3.63) is 75.5 Å². The summed E-state index contributed by atoms with van der Waals surface area (Å²) in [5.74, 6) is -0.614. The van der Waals surface area contributed by atoms with Gasteiger partial charge in [0.1, 0.15) is 5.82 Å². The fourth-order valence-electron chi connectivity index (χ4n) is 4.05. The van der Waals surface area contributed by atoms with E-state index in [0.29, 0.717) is 25.9 Å². The van der Waals surface area contributed by atoms with Crippen LogP contribution in [0, 0.1) is 5.82 Å². The van der Waals surface area contributed by atoms with Gasteiger partial charge in [-0.2, -0.15) is 0 Å². The van der Waals surface area contributed by atoms with Crippen molar-refractivity contribution < 1.29 is 12.8 Å². The van der Waals surface area contributed by atoms with Crippen molar-refractivity contribution in [1.29, 1.82) is 0 Å². The van der Waals surface area contributed by atoms with Crippen LogP contribution in [0.1, 0.15) is 43.0 Å². The predicted octanol–water partition coefficient (Wildman–Crippen LogP) is 5.92. The zero-order valence-corrected chi connectivity index (χ0v) is 20.3. The molecule has 0 N–H and O–H groups in total. The van der Waals surface area contributed by atoms with Crippen molar-refractivity contribution in [3.8, 4) is 0 Å². The molecule has 32 heavy (non-hydrogen) atoms. The highest BCUT2D eigenvalue weighted by atomic mass is 35.5. The molecule has 1 aromatic heterocycles. The summed E-state index contributed by atoms with van der Waals surface area (Å²) in [6, 6.07) is 12.3. The lowest BCUT2D eigenvalue weighted by atomic mass is 10.1. The van der Waals surface area contributed by atoms with E-state index in [4.69, 9.17) is 16.6 Å². The van der Waals surface area contributed by atoms with Gasteiger partial charge in [-0.15, -0.1) is 11.3 Å². The molecular weight excluding hydrogens is 467 g/mol. The van der Waals surface area contributed by atoms with Gasteiger partial charge in [-0.3, -0.25) is 0 Å². The Hall–Kier alpha value is -1.96.